The van der Waals surface area contributed by atoms with Gasteiger partial charge in [-0.25, -0.2) is 0 Å². The number of rotatable bonds is 7. The summed E-state index contributed by atoms with van der Waals surface area (Å²) in [6.45, 7) is 13.1. The summed E-state index contributed by atoms with van der Waals surface area (Å²) in [5.74, 6) is 0.871. The van der Waals surface area contributed by atoms with Crippen LogP contribution in [-0.2, 0) is 0 Å². The molecule has 1 fully saturated rings. The molecule has 86 valence electrons. The molecule has 0 radical (unpaired) electrons. The van der Waals surface area contributed by atoms with Gasteiger partial charge in [0.15, 0.2) is 0 Å². The zero-order valence-corrected chi connectivity index (χ0v) is 9.75. The molecule has 2 nitrogen and oxygen atoms in total. The van der Waals surface area contributed by atoms with Crippen LogP contribution in [0.2, 0.25) is 0 Å². The third-order valence-corrected chi connectivity index (χ3v) is 3.03. The first-order valence-corrected chi connectivity index (χ1v) is 6.01. The van der Waals surface area contributed by atoms with E-state index >= 15 is 0 Å². The van der Waals surface area contributed by atoms with Crippen molar-refractivity contribution in [1.82, 2.24) is 10.2 Å². The normalized spacial score (nSPS) is 21.5. The van der Waals surface area contributed by atoms with Gasteiger partial charge < -0.3 is 5.32 Å². The molecule has 0 aromatic carbocycles. The molecule has 0 amide bonds. The molecule has 1 atom stereocenters. The van der Waals surface area contributed by atoms with E-state index in [0.717, 1.165) is 19.0 Å². The van der Waals surface area contributed by atoms with Gasteiger partial charge in [0.05, 0.1) is 0 Å². The molecule has 0 unspecified atom stereocenters. The van der Waals surface area contributed by atoms with Crippen molar-refractivity contribution in [1.29, 1.82) is 0 Å². The molecule has 0 bridgehead atoms. The topological polar surface area (TPSA) is 15.3 Å². The molecule has 1 aliphatic rings. The minimum absolute atomic E-state index is 0.871. The van der Waals surface area contributed by atoms with Crippen molar-refractivity contribution in [3.8, 4) is 0 Å². The Morgan fingerprint density at radius 2 is 2.00 bits per heavy atom. The van der Waals surface area contributed by atoms with Gasteiger partial charge in [-0.05, 0) is 44.8 Å². The zero-order chi connectivity index (χ0) is 10.9. The number of hydrogen-bond acceptors (Lipinski definition) is 2. The second kappa shape index (κ2) is 7.66. The Morgan fingerprint density at radius 1 is 1.27 bits per heavy atom. The Kier molecular flexibility index (Phi) is 6.37. The highest BCUT2D eigenvalue weighted by Gasteiger charge is 2.13. The molecule has 0 spiro atoms. The van der Waals surface area contributed by atoms with Crippen molar-refractivity contribution in [2.24, 2.45) is 5.92 Å². The van der Waals surface area contributed by atoms with Crippen LogP contribution in [0.4, 0.5) is 0 Å². The molecule has 1 saturated heterocycles. The maximum Gasteiger partial charge on any atom is 0.0163 e. The Balaban J connectivity index is 2.18. The largest absolute Gasteiger partial charge is 0.316 e. The molecular weight excluding hydrogens is 184 g/mol. The van der Waals surface area contributed by atoms with Crippen LogP contribution in [0.25, 0.3) is 0 Å². The van der Waals surface area contributed by atoms with Crippen LogP contribution < -0.4 is 5.32 Å². The molecule has 1 N–H and O–H groups in total. The van der Waals surface area contributed by atoms with Crippen LogP contribution in [0.3, 0.4) is 0 Å². The summed E-state index contributed by atoms with van der Waals surface area (Å²) in [5.41, 5.74) is 0. The van der Waals surface area contributed by atoms with Gasteiger partial charge >= 0.3 is 0 Å². The predicted molar refractivity (Wildman–Crippen MR) is 67.0 cm³/mol. The molecular formula is C13H24N2. The van der Waals surface area contributed by atoms with Crippen molar-refractivity contribution in [3.05, 3.63) is 25.3 Å². The average molecular weight is 208 g/mol. The van der Waals surface area contributed by atoms with E-state index in [2.05, 4.69) is 23.4 Å². The summed E-state index contributed by atoms with van der Waals surface area (Å²) in [5, 5.41) is 3.46. The van der Waals surface area contributed by atoms with Crippen molar-refractivity contribution in [3.63, 3.8) is 0 Å². The second-order valence-electron chi connectivity index (χ2n) is 4.34. The minimum atomic E-state index is 0.871. The van der Waals surface area contributed by atoms with E-state index in [9.17, 15) is 0 Å². The standard InChI is InChI=1S/C13H24N2/c1-3-9-15(10-4-2)11-7-13-6-5-8-14-12-13/h3-4,13-14H,1-2,5-12H2/t13-/m0/s1. The Morgan fingerprint density at radius 3 is 2.53 bits per heavy atom. The quantitative estimate of drug-likeness (QED) is 0.644. The molecule has 0 saturated carbocycles. The summed E-state index contributed by atoms with van der Waals surface area (Å²) in [4.78, 5) is 2.40. The van der Waals surface area contributed by atoms with Crippen molar-refractivity contribution in [2.45, 2.75) is 19.3 Å². The minimum Gasteiger partial charge on any atom is -0.316 e. The lowest BCUT2D eigenvalue weighted by Crippen LogP contribution is -2.33. The van der Waals surface area contributed by atoms with Gasteiger partial charge in [-0.2, -0.15) is 0 Å². The maximum absolute atomic E-state index is 3.79. The van der Waals surface area contributed by atoms with Crippen LogP contribution in [0.1, 0.15) is 19.3 Å². The van der Waals surface area contributed by atoms with Crippen molar-refractivity contribution < 1.29 is 0 Å². The number of hydrogen-bond donors (Lipinski definition) is 1. The molecule has 1 rings (SSSR count). The van der Waals surface area contributed by atoms with E-state index < -0.39 is 0 Å². The fraction of sp³-hybridized carbons (Fsp3) is 0.692. The van der Waals surface area contributed by atoms with Gasteiger partial charge in [0.2, 0.25) is 0 Å². The lowest BCUT2D eigenvalue weighted by atomic mass is 9.96. The highest BCUT2D eigenvalue weighted by Crippen LogP contribution is 2.14. The Bertz CT molecular complexity index is 173. The van der Waals surface area contributed by atoms with Crippen LogP contribution in [0.15, 0.2) is 25.3 Å². The van der Waals surface area contributed by atoms with Gasteiger partial charge in [0.1, 0.15) is 0 Å². The lowest BCUT2D eigenvalue weighted by Gasteiger charge is -2.26. The SMILES string of the molecule is C=CCN(CC=C)CC[C@@H]1CCCNC1. The highest BCUT2D eigenvalue weighted by molar-refractivity contribution is 4.80. The number of nitrogens with zero attached hydrogens (tertiary/aromatic N) is 1. The summed E-state index contributed by atoms with van der Waals surface area (Å²) in [6.07, 6.45) is 7.98. The van der Waals surface area contributed by atoms with Gasteiger partial charge in [-0.3, -0.25) is 4.90 Å². The van der Waals surface area contributed by atoms with E-state index in [1.165, 1.54) is 38.9 Å². The number of piperidine rings is 1. The van der Waals surface area contributed by atoms with E-state index in [-0.39, 0.29) is 0 Å². The molecule has 0 aliphatic carbocycles. The summed E-state index contributed by atoms with van der Waals surface area (Å²) in [6, 6.07) is 0. The van der Waals surface area contributed by atoms with Crippen molar-refractivity contribution >= 4 is 0 Å². The fourth-order valence-electron chi connectivity index (χ4n) is 2.16. The van der Waals surface area contributed by atoms with Gasteiger partial charge in [0.25, 0.3) is 0 Å². The van der Waals surface area contributed by atoms with E-state index in [1.54, 1.807) is 0 Å². The first-order valence-electron chi connectivity index (χ1n) is 6.01. The third-order valence-electron chi connectivity index (χ3n) is 3.03. The molecule has 0 aromatic rings. The summed E-state index contributed by atoms with van der Waals surface area (Å²) in [7, 11) is 0. The molecule has 2 heteroatoms. The monoisotopic (exact) mass is 208 g/mol. The summed E-state index contributed by atoms with van der Waals surface area (Å²) >= 11 is 0. The molecule has 0 aromatic heterocycles. The van der Waals surface area contributed by atoms with E-state index in [4.69, 9.17) is 0 Å². The van der Waals surface area contributed by atoms with E-state index in [1.807, 2.05) is 12.2 Å². The second-order valence-corrected chi connectivity index (χ2v) is 4.34. The van der Waals surface area contributed by atoms with Gasteiger partial charge in [-0.1, -0.05) is 12.2 Å². The lowest BCUT2D eigenvalue weighted by molar-refractivity contribution is 0.273. The maximum atomic E-state index is 3.79. The van der Waals surface area contributed by atoms with Crippen molar-refractivity contribution in [2.75, 3.05) is 32.7 Å². The Hall–Kier alpha value is -0.600. The molecule has 1 aliphatic heterocycles. The van der Waals surface area contributed by atoms with Crippen LogP contribution in [0.5, 0.6) is 0 Å². The number of nitrogens with one attached hydrogen (secondary N) is 1. The zero-order valence-electron chi connectivity index (χ0n) is 9.75. The summed E-state index contributed by atoms with van der Waals surface area (Å²) < 4.78 is 0. The van der Waals surface area contributed by atoms with E-state index in [0.29, 0.717) is 0 Å². The third kappa shape index (κ3) is 5.14. The molecule has 15 heavy (non-hydrogen) atoms. The smallest absolute Gasteiger partial charge is 0.0163 e. The van der Waals surface area contributed by atoms with Gasteiger partial charge in [0, 0.05) is 13.1 Å². The van der Waals surface area contributed by atoms with Crippen LogP contribution in [-0.4, -0.2) is 37.6 Å². The fourth-order valence-corrected chi connectivity index (χ4v) is 2.16. The van der Waals surface area contributed by atoms with Crippen LogP contribution >= 0.6 is 0 Å². The van der Waals surface area contributed by atoms with Crippen LogP contribution in [0, 0.1) is 5.92 Å². The predicted octanol–water partition coefficient (Wildman–Crippen LogP) is 2.05. The van der Waals surface area contributed by atoms with Gasteiger partial charge in [-0.15, -0.1) is 13.2 Å². The first-order chi connectivity index (χ1) is 7.36. The average Bonchev–Trinajstić information content (AvgIpc) is 2.28. The Labute approximate surface area is 94.0 Å². The first kappa shape index (κ1) is 12.5. The molecule has 1 heterocycles. The highest BCUT2D eigenvalue weighted by atomic mass is 15.1.